The number of carbonyl (C=O) groups excluding carboxylic acids is 2. The van der Waals surface area contributed by atoms with Gasteiger partial charge < -0.3 is 5.32 Å². The molecule has 0 aromatic heterocycles. The predicted molar refractivity (Wildman–Crippen MR) is 53.6 cm³/mol. The maximum absolute atomic E-state index is 11.5. The fraction of sp³-hybridized carbons (Fsp3) is 0.800. The van der Waals surface area contributed by atoms with Crippen LogP contribution >= 0.6 is 0 Å². The Morgan fingerprint density at radius 3 is 2.57 bits per heavy atom. The summed E-state index contributed by atoms with van der Waals surface area (Å²) in [7, 11) is 0. The number of hydrogen-bond donors (Lipinski definition) is 2. The third-order valence-electron chi connectivity index (χ3n) is 2.40. The Labute approximate surface area is 84.4 Å². The van der Waals surface area contributed by atoms with Gasteiger partial charge in [0.1, 0.15) is 0 Å². The highest BCUT2D eigenvalue weighted by molar-refractivity contribution is 5.98. The zero-order chi connectivity index (χ0) is 10.6. The molecule has 2 amide bonds. The van der Waals surface area contributed by atoms with Crippen LogP contribution in [0, 0.1) is 5.92 Å². The van der Waals surface area contributed by atoms with Crippen LogP contribution in [0.25, 0.3) is 0 Å². The first-order valence-electron chi connectivity index (χ1n) is 5.19. The molecule has 4 nitrogen and oxygen atoms in total. The standard InChI is InChI=1S/C10H18N2O2/c1-7(2)9(13)12-10(14)8-5-3-4-6-11-8/h7-8,11H,3-6H2,1-2H3,(H,12,13,14)/t8-/m0/s1. The molecule has 80 valence electrons. The van der Waals surface area contributed by atoms with Gasteiger partial charge in [-0.3, -0.25) is 14.9 Å². The summed E-state index contributed by atoms with van der Waals surface area (Å²) in [6, 6.07) is -0.175. The van der Waals surface area contributed by atoms with Crippen LogP contribution in [0.1, 0.15) is 33.1 Å². The van der Waals surface area contributed by atoms with E-state index in [-0.39, 0.29) is 23.8 Å². The number of amides is 2. The fourth-order valence-electron chi connectivity index (χ4n) is 1.43. The second-order valence-electron chi connectivity index (χ2n) is 4.01. The molecule has 0 aromatic rings. The minimum Gasteiger partial charge on any atom is -0.306 e. The van der Waals surface area contributed by atoms with Crippen molar-refractivity contribution in [2.75, 3.05) is 6.54 Å². The Morgan fingerprint density at radius 2 is 2.07 bits per heavy atom. The average Bonchev–Trinajstić information content (AvgIpc) is 2.19. The van der Waals surface area contributed by atoms with Gasteiger partial charge >= 0.3 is 0 Å². The summed E-state index contributed by atoms with van der Waals surface area (Å²) in [5.41, 5.74) is 0. The summed E-state index contributed by atoms with van der Waals surface area (Å²) in [6.45, 7) is 4.42. The van der Waals surface area contributed by atoms with E-state index in [0.29, 0.717) is 0 Å². The molecule has 1 rings (SSSR count). The number of piperidine rings is 1. The van der Waals surface area contributed by atoms with Gasteiger partial charge in [-0.2, -0.15) is 0 Å². The highest BCUT2D eigenvalue weighted by Gasteiger charge is 2.22. The number of hydrogen-bond acceptors (Lipinski definition) is 3. The second-order valence-corrected chi connectivity index (χ2v) is 4.01. The Hall–Kier alpha value is -0.900. The van der Waals surface area contributed by atoms with Crippen molar-refractivity contribution in [2.24, 2.45) is 5.92 Å². The van der Waals surface area contributed by atoms with Crippen LogP contribution in [0.2, 0.25) is 0 Å². The molecule has 4 heteroatoms. The third kappa shape index (κ3) is 3.10. The lowest BCUT2D eigenvalue weighted by atomic mass is 10.0. The minimum absolute atomic E-state index is 0.137. The van der Waals surface area contributed by atoms with Crippen LogP contribution in [0.5, 0.6) is 0 Å². The molecule has 0 spiro atoms. The quantitative estimate of drug-likeness (QED) is 0.676. The van der Waals surface area contributed by atoms with Gasteiger partial charge in [-0.1, -0.05) is 20.3 Å². The van der Waals surface area contributed by atoms with E-state index in [0.717, 1.165) is 25.8 Å². The van der Waals surface area contributed by atoms with E-state index in [9.17, 15) is 9.59 Å². The number of rotatable bonds is 2. The van der Waals surface area contributed by atoms with Gasteiger partial charge in [0.15, 0.2) is 0 Å². The molecule has 0 bridgehead atoms. The molecule has 1 atom stereocenters. The summed E-state index contributed by atoms with van der Waals surface area (Å²) in [5, 5.41) is 5.51. The lowest BCUT2D eigenvalue weighted by Gasteiger charge is -2.22. The first-order chi connectivity index (χ1) is 6.61. The predicted octanol–water partition coefficient (Wildman–Crippen LogP) is 0.427. The van der Waals surface area contributed by atoms with Crippen molar-refractivity contribution in [2.45, 2.75) is 39.2 Å². The Kier molecular flexibility index (Phi) is 4.07. The highest BCUT2D eigenvalue weighted by atomic mass is 16.2. The summed E-state index contributed by atoms with van der Waals surface area (Å²) < 4.78 is 0. The molecule has 1 aliphatic rings. The zero-order valence-electron chi connectivity index (χ0n) is 8.80. The first-order valence-corrected chi connectivity index (χ1v) is 5.19. The van der Waals surface area contributed by atoms with Crippen molar-refractivity contribution in [3.8, 4) is 0 Å². The van der Waals surface area contributed by atoms with Crippen LogP contribution in [-0.4, -0.2) is 24.4 Å². The van der Waals surface area contributed by atoms with Gasteiger partial charge in [0, 0.05) is 5.92 Å². The number of nitrogens with one attached hydrogen (secondary N) is 2. The van der Waals surface area contributed by atoms with Crippen LogP contribution in [0.3, 0.4) is 0 Å². The zero-order valence-corrected chi connectivity index (χ0v) is 8.80. The average molecular weight is 198 g/mol. The smallest absolute Gasteiger partial charge is 0.243 e. The van der Waals surface area contributed by atoms with Crippen molar-refractivity contribution < 1.29 is 9.59 Å². The Morgan fingerprint density at radius 1 is 1.36 bits per heavy atom. The van der Waals surface area contributed by atoms with Crippen molar-refractivity contribution in [1.82, 2.24) is 10.6 Å². The van der Waals surface area contributed by atoms with Crippen LogP contribution < -0.4 is 10.6 Å². The van der Waals surface area contributed by atoms with Crippen LogP contribution in [-0.2, 0) is 9.59 Å². The van der Waals surface area contributed by atoms with E-state index in [1.54, 1.807) is 13.8 Å². The summed E-state index contributed by atoms with van der Waals surface area (Å²) in [5.74, 6) is -0.506. The van der Waals surface area contributed by atoms with E-state index < -0.39 is 0 Å². The highest BCUT2D eigenvalue weighted by Crippen LogP contribution is 2.06. The SMILES string of the molecule is CC(C)C(=O)NC(=O)[C@@H]1CCCCN1. The Balaban J connectivity index is 2.37. The molecule has 0 unspecified atom stereocenters. The van der Waals surface area contributed by atoms with Crippen molar-refractivity contribution in [3.05, 3.63) is 0 Å². The van der Waals surface area contributed by atoms with Gasteiger partial charge in [-0.05, 0) is 19.4 Å². The van der Waals surface area contributed by atoms with Gasteiger partial charge in [0.05, 0.1) is 6.04 Å². The molecule has 0 aliphatic carbocycles. The lowest BCUT2D eigenvalue weighted by molar-refractivity contribution is -0.133. The summed E-state index contributed by atoms with van der Waals surface area (Å²) in [4.78, 5) is 22.8. The molecule has 1 aliphatic heterocycles. The van der Waals surface area contributed by atoms with E-state index >= 15 is 0 Å². The van der Waals surface area contributed by atoms with Gasteiger partial charge in [-0.15, -0.1) is 0 Å². The van der Waals surface area contributed by atoms with E-state index in [2.05, 4.69) is 10.6 Å². The number of carbonyl (C=O) groups is 2. The molecule has 14 heavy (non-hydrogen) atoms. The van der Waals surface area contributed by atoms with Gasteiger partial charge in [-0.25, -0.2) is 0 Å². The molecule has 1 heterocycles. The molecule has 1 saturated heterocycles. The largest absolute Gasteiger partial charge is 0.306 e. The topological polar surface area (TPSA) is 58.2 Å². The summed E-state index contributed by atoms with van der Waals surface area (Å²) >= 11 is 0. The molecule has 1 fully saturated rings. The molecule has 2 N–H and O–H groups in total. The van der Waals surface area contributed by atoms with E-state index in [1.165, 1.54) is 0 Å². The maximum Gasteiger partial charge on any atom is 0.243 e. The molecule has 0 saturated carbocycles. The van der Waals surface area contributed by atoms with Crippen molar-refractivity contribution in [3.63, 3.8) is 0 Å². The van der Waals surface area contributed by atoms with Crippen molar-refractivity contribution in [1.29, 1.82) is 0 Å². The minimum atomic E-state index is -0.192. The molecule has 0 radical (unpaired) electrons. The van der Waals surface area contributed by atoms with Crippen LogP contribution in [0.4, 0.5) is 0 Å². The van der Waals surface area contributed by atoms with Gasteiger partial charge in [0.2, 0.25) is 11.8 Å². The summed E-state index contributed by atoms with van der Waals surface area (Å²) in [6.07, 6.45) is 3.00. The molecule has 0 aromatic carbocycles. The lowest BCUT2D eigenvalue weighted by Crippen LogP contribution is -2.49. The van der Waals surface area contributed by atoms with Crippen LogP contribution in [0.15, 0.2) is 0 Å². The number of imide groups is 1. The monoisotopic (exact) mass is 198 g/mol. The third-order valence-corrected chi connectivity index (χ3v) is 2.40. The fourth-order valence-corrected chi connectivity index (χ4v) is 1.43. The van der Waals surface area contributed by atoms with Gasteiger partial charge in [0.25, 0.3) is 0 Å². The molecular formula is C10H18N2O2. The normalized spacial score (nSPS) is 22.1. The molecular weight excluding hydrogens is 180 g/mol. The van der Waals surface area contributed by atoms with E-state index in [4.69, 9.17) is 0 Å². The first kappa shape index (κ1) is 11.2. The Bertz CT molecular complexity index is 220. The van der Waals surface area contributed by atoms with Crippen molar-refractivity contribution >= 4 is 11.8 Å². The van der Waals surface area contributed by atoms with E-state index in [1.807, 2.05) is 0 Å². The maximum atomic E-state index is 11.5. The second kappa shape index (κ2) is 5.10.